The third-order valence-corrected chi connectivity index (χ3v) is 3.84. The lowest BCUT2D eigenvalue weighted by atomic mass is 10.1. The maximum absolute atomic E-state index is 9.33. The van der Waals surface area contributed by atoms with Gasteiger partial charge in [-0.3, -0.25) is 0 Å². The van der Waals surface area contributed by atoms with Crippen molar-refractivity contribution in [3.63, 3.8) is 0 Å². The van der Waals surface area contributed by atoms with Crippen LogP contribution in [-0.2, 0) is 4.74 Å². The van der Waals surface area contributed by atoms with Gasteiger partial charge in [-0.15, -0.1) is 0 Å². The first-order chi connectivity index (χ1) is 9.70. The predicted octanol–water partition coefficient (Wildman–Crippen LogP) is 2.94. The highest BCUT2D eigenvalue weighted by atomic mass is 79.9. The molecule has 3 rings (SSSR count). The molecule has 102 valence electrons. The van der Waals surface area contributed by atoms with E-state index >= 15 is 0 Å². The first-order valence-electron chi connectivity index (χ1n) is 6.36. The number of nitrogens with zero attached hydrogens (tertiary/aromatic N) is 3. The Kier molecular flexibility index (Phi) is 3.47. The van der Waals surface area contributed by atoms with Crippen LogP contribution in [0.15, 0.2) is 28.7 Å². The van der Waals surface area contributed by atoms with Crippen LogP contribution in [0.25, 0.3) is 5.69 Å². The lowest BCUT2D eigenvalue weighted by Crippen LogP contribution is -2.03. The number of anilines is 1. The molecule has 1 atom stereocenters. The molecule has 1 aromatic heterocycles. The number of benzene rings is 1. The van der Waals surface area contributed by atoms with Crippen molar-refractivity contribution in [2.24, 2.45) is 0 Å². The standard InChI is InChI=1S/C14H13BrN4O/c15-9-3-1-4-10(7-9)19-14(17)11(8-16)13(18-19)12-5-2-6-20-12/h1,3-4,7,12H,2,5-6,17H2/t12-/m1/s1. The van der Waals surface area contributed by atoms with Crippen LogP contribution in [0.1, 0.15) is 30.2 Å². The van der Waals surface area contributed by atoms with Gasteiger partial charge in [-0.05, 0) is 31.0 Å². The summed E-state index contributed by atoms with van der Waals surface area (Å²) in [5.41, 5.74) is 7.94. The summed E-state index contributed by atoms with van der Waals surface area (Å²) in [6.45, 7) is 0.708. The number of hydrogen-bond donors (Lipinski definition) is 1. The largest absolute Gasteiger partial charge is 0.382 e. The molecule has 2 heterocycles. The molecule has 2 aromatic rings. The van der Waals surface area contributed by atoms with Crippen molar-refractivity contribution in [2.75, 3.05) is 12.3 Å². The Balaban J connectivity index is 2.11. The summed E-state index contributed by atoms with van der Waals surface area (Å²) in [5.74, 6) is 0.358. The monoisotopic (exact) mass is 332 g/mol. The number of halogens is 1. The van der Waals surface area contributed by atoms with Crippen LogP contribution in [0.5, 0.6) is 0 Å². The van der Waals surface area contributed by atoms with Crippen molar-refractivity contribution in [1.29, 1.82) is 5.26 Å². The number of nitrogens with two attached hydrogens (primary N) is 1. The van der Waals surface area contributed by atoms with Gasteiger partial charge in [-0.1, -0.05) is 22.0 Å². The van der Waals surface area contributed by atoms with Crippen molar-refractivity contribution in [1.82, 2.24) is 9.78 Å². The number of aromatic nitrogens is 2. The molecule has 1 aromatic carbocycles. The molecule has 0 spiro atoms. The first kappa shape index (κ1) is 13.2. The molecule has 0 aliphatic carbocycles. The highest BCUT2D eigenvalue weighted by Gasteiger charge is 2.27. The second-order valence-corrected chi connectivity index (χ2v) is 5.57. The fourth-order valence-electron chi connectivity index (χ4n) is 2.39. The quantitative estimate of drug-likeness (QED) is 0.917. The van der Waals surface area contributed by atoms with Gasteiger partial charge >= 0.3 is 0 Å². The van der Waals surface area contributed by atoms with Gasteiger partial charge in [0.05, 0.1) is 5.69 Å². The van der Waals surface area contributed by atoms with Crippen molar-refractivity contribution >= 4 is 21.7 Å². The second kappa shape index (κ2) is 5.27. The summed E-state index contributed by atoms with van der Waals surface area (Å²) in [4.78, 5) is 0. The molecule has 6 heteroatoms. The summed E-state index contributed by atoms with van der Waals surface area (Å²) >= 11 is 3.42. The molecule has 1 aliphatic heterocycles. The van der Waals surface area contributed by atoms with Gasteiger partial charge in [-0.25, -0.2) is 4.68 Å². The predicted molar refractivity (Wildman–Crippen MR) is 78.3 cm³/mol. The van der Waals surface area contributed by atoms with Crippen molar-refractivity contribution in [3.8, 4) is 11.8 Å². The minimum absolute atomic E-state index is 0.125. The molecule has 20 heavy (non-hydrogen) atoms. The summed E-state index contributed by atoms with van der Waals surface area (Å²) in [7, 11) is 0. The lowest BCUT2D eigenvalue weighted by molar-refractivity contribution is 0.108. The van der Waals surface area contributed by atoms with Gasteiger partial charge in [-0.2, -0.15) is 10.4 Å². The van der Waals surface area contributed by atoms with Gasteiger partial charge in [0.2, 0.25) is 0 Å². The summed E-state index contributed by atoms with van der Waals surface area (Å²) in [5, 5.41) is 13.8. The van der Waals surface area contributed by atoms with Gasteiger partial charge in [0.25, 0.3) is 0 Å². The summed E-state index contributed by atoms with van der Waals surface area (Å²) < 4.78 is 8.15. The van der Waals surface area contributed by atoms with Gasteiger partial charge in [0, 0.05) is 11.1 Å². The number of rotatable bonds is 2. The number of ether oxygens (including phenoxy) is 1. The highest BCUT2D eigenvalue weighted by Crippen LogP contribution is 2.33. The third-order valence-electron chi connectivity index (χ3n) is 3.35. The maximum atomic E-state index is 9.33. The molecule has 0 saturated carbocycles. The molecule has 1 aliphatic rings. The van der Waals surface area contributed by atoms with E-state index in [-0.39, 0.29) is 6.10 Å². The second-order valence-electron chi connectivity index (χ2n) is 4.65. The molecule has 1 saturated heterocycles. The molecule has 0 bridgehead atoms. The molecule has 0 amide bonds. The molecular formula is C14H13BrN4O. The van der Waals surface area contributed by atoms with E-state index in [9.17, 15) is 5.26 Å². The Morgan fingerprint density at radius 2 is 2.35 bits per heavy atom. The molecule has 0 unspecified atom stereocenters. The molecule has 5 nitrogen and oxygen atoms in total. The third kappa shape index (κ3) is 2.19. The van der Waals surface area contributed by atoms with Gasteiger partial charge in [0.15, 0.2) is 0 Å². The van der Waals surface area contributed by atoms with E-state index < -0.39 is 0 Å². The fourth-order valence-corrected chi connectivity index (χ4v) is 2.77. The Morgan fingerprint density at radius 1 is 1.50 bits per heavy atom. The Hall–Kier alpha value is -1.84. The number of hydrogen-bond acceptors (Lipinski definition) is 4. The van der Waals surface area contributed by atoms with E-state index in [0.717, 1.165) is 23.0 Å². The van der Waals surface area contributed by atoms with E-state index in [1.807, 2.05) is 24.3 Å². The van der Waals surface area contributed by atoms with Crippen LogP contribution in [0, 0.1) is 11.3 Å². The summed E-state index contributed by atoms with van der Waals surface area (Å²) in [6.07, 6.45) is 1.74. The normalized spacial score (nSPS) is 18.1. The topological polar surface area (TPSA) is 76.9 Å². The molecule has 1 fully saturated rings. The average Bonchev–Trinajstić information content (AvgIpc) is 3.05. The zero-order valence-electron chi connectivity index (χ0n) is 10.7. The number of nitriles is 1. The lowest BCUT2D eigenvalue weighted by Gasteiger charge is -2.05. The van der Waals surface area contributed by atoms with Crippen molar-refractivity contribution in [3.05, 3.63) is 40.0 Å². The van der Waals surface area contributed by atoms with Crippen LogP contribution in [0.2, 0.25) is 0 Å². The van der Waals surface area contributed by atoms with E-state index in [4.69, 9.17) is 10.5 Å². The van der Waals surface area contributed by atoms with Gasteiger partial charge < -0.3 is 10.5 Å². The van der Waals surface area contributed by atoms with Crippen LogP contribution in [-0.4, -0.2) is 16.4 Å². The molecule has 0 radical (unpaired) electrons. The first-order valence-corrected chi connectivity index (χ1v) is 7.16. The zero-order valence-corrected chi connectivity index (χ0v) is 12.3. The van der Waals surface area contributed by atoms with Crippen LogP contribution >= 0.6 is 15.9 Å². The summed E-state index contributed by atoms with van der Waals surface area (Å²) in [6, 6.07) is 9.78. The smallest absolute Gasteiger partial charge is 0.145 e. The van der Waals surface area contributed by atoms with E-state index in [2.05, 4.69) is 27.1 Å². The fraction of sp³-hybridized carbons (Fsp3) is 0.286. The Morgan fingerprint density at radius 3 is 3.00 bits per heavy atom. The average molecular weight is 333 g/mol. The molecule has 2 N–H and O–H groups in total. The minimum atomic E-state index is -0.125. The van der Waals surface area contributed by atoms with Crippen molar-refractivity contribution < 1.29 is 4.74 Å². The SMILES string of the molecule is N#Cc1c([C@H]2CCCO2)nn(-c2cccc(Br)c2)c1N. The number of nitrogen functional groups attached to an aromatic ring is 1. The zero-order chi connectivity index (χ0) is 14.1. The van der Waals surface area contributed by atoms with Crippen LogP contribution in [0.3, 0.4) is 0 Å². The van der Waals surface area contributed by atoms with Crippen LogP contribution in [0.4, 0.5) is 5.82 Å². The van der Waals surface area contributed by atoms with Crippen LogP contribution < -0.4 is 5.73 Å². The minimum Gasteiger partial charge on any atom is -0.382 e. The maximum Gasteiger partial charge on any atom is 0.145 e. The Labute approximate surface area is 125 Å². The van der Waals surface area contributed by atoms with E-state index in [1.54, 1.807) is 4.68 Å². The Bertz CT molecular complexity index is 683. The van der Waals surface area contributed by atoms with E-state index in [1.165, 1.54) is 0 Å². The highest BCUT2D eigenvalue weighted by molar-refractivity contribution is 9.10. The van der Waals surface area contributed by atoms with E-state index in [0.29, 0.717) is 23.7 Å². The van der Waals surface area contributed by atoms with Crippen molar-refractivity contribution in [2.45, 2.75) is 18.9 Å². The molecular weight excluding hydrogens is 320 g/mol. The van der Waals surface area contributed by atoms with Gasteiger partial charge in [0.1, 0.15) is 29.2 Å².